The van der Waals surface area contributed by atoms with E-state index in [0.717, 1.165) is 23.3 Å². The number of Topliss-reactive ketones (excluding diaryl/α,β-unsaturated/α-hetero) is 1. The number of benzene rings is 3. The van der Waals surface area contributed by atoms with Crippen LogP contribution in [0.15, 0.2) is 66.7 Å². The predicted molar refractivity (Wildman–Crippen MR) is 120 cm³/mol. The maximum Gasteiger partial charge on any atom is 0.174 e. The first-order chi connectivity index (χ1) is 15.0. The van der Waals surface area contributed by atoms with Gasteiger partial charge in [0.2, 0.25) is 0 Å². The number of rotatable bonds is 4. The van der Waals surface area contributed by atoms with Crippen LogP contribution in [0.1, 0.15) is 58.8 Å². The molecule has 3 aromatic carbocycles. The topological polar surface area (TPSA) is 35.5 Å². The molecular formula is C28H26O3. The van der Waals surface area contributed by atoms with Crippen molar-refractivity contribution in [2.24, 2.45) is 5.41 Å². The van der Waals surface area contributed by atoms with Crippen molar-refractivity contribution in [3.05, 3.63) is 94.5 Å². The highest BCUT2D eigenvalue weighted by molar-refractivity contribution is 6.12. The first-order valence-electron chi connectivity index (χ1n) is 11.0. The van der Waals surface area contributed by atoms with Crippen LogP contribution in [0.5, 0.6) is 11.5 Å². The molecule has 0 saturated heterocycles. The number of methoxy groups -OCH3 is 2. The van der Waals surface area contributed by atoms with Gasteiger partial charge in [-0.25, -0.2) is 0 Å². The number of ketones is 1. The van der Waals surface area contributed by atoms with E-state index in [-0.39, 0.29) is 22.5 Å². The molecule has 6 rings (SSSR count). The van der Waals surface area contributed by atoms with Crippen LogP contribution in [0.4, 0.5) is 0 Å². The average molecular weight is 411 g/mol. The summed E-state index contributed by atoms with van der Waals surface area (Å²) in [6, 6.07) is 23.1. The molecule has 1 fully saturated rings. The lowest BCUT2D eigenvalue weighted by Crippen LogP contribution is -2.49. The van der Waals surface area contributed by atoms with Gasteiger partial charge in [0.05, 0.1) is 19.6 Å². The molecule has 156 valence electrons. The van der Waals surface area contributed by atoms with Crippen LogP contribution >= 0.6 is 0 Å². The normalized spacial score (nSPS) is 31.5. The zero-order valence-corrected chi connectivity index (χ0v) is 18.4. The fraction of sp³-hybridized carbons (Fsp3) is 0.321. The molecule has 3 nitrogen and oxygen atoms in total. The monoisotopic (exact) mass is 410 g/mol. The maximum absolute atomic E-state index is 14.4. The highest BCUT2D eigenvalue weighted by atomic mass is 16.5. The second-order valence-corrected chi connectivity index (χ2v) is 9.23. The van der Waals surface area contributed by atoms with Crippen molar-refractivity contribution in [1.29, 1.82) is 0 Å². The minimum atomic E-state index is -0.594. The minimum absolute atomic E-state index is 0.181. The predicted octanol–water partition coefficient (Wildman–Crippen LogP) is 5.65. The Bertz CT molecular complexity index is 1250. The molecule has 3 heteroatoms. The van der Waals surface area contributed by atoms with E-state index in [1.54, 1.807) is 14.2 Å². The Balaban J connectivity index is 1.82. The Morgan fingerprint density at radius 3 is 2.32 bits per heavy atom. The van der Waals surface area contributed by atoms with E-state index in [1.165, 1.54) is 16.7 Å². The van der Waals surface area contributed by atoms with Crippen LogP contribution in [0.25, 0.3) is 0 Å². The Morgan fingerprint density at radius 2 is 1.65 bits per heavy atom. The van der Waals surface area contributed by atoms with Crippen molar-refractivity contribution in [1.82, 2.24) is 0 Å². The second kappa shape index (κ2) is 5.79. The standard InChI is InChI=1S/C28H26O3/c1-5-27-24-19-13-9-10-14-21(19)26(27,2)25(29)20-15-18(30-3)16-22(31-4)23(20)28(24,27)17-11-7-6-8-12-17/h6-16,24H,5H2,1-4H3/t24?,26-,27-,28?/m0/s1. The van der Waals surface area contributed by atoms with Gasteiger partial charge in [-0.2, -0.15) is 0 Å². The number of hydrogen-bond acceptors (Lipinski definition) is 3. The smallest absolute Gasteiger partial charge is 0.174 e. The molecule has 0 radical (unpaired) electrons. The summed E-state index contributed by atoms with van der Waals surface area (Å²) in [6.45, 7) is 4.42. The summed E-state index contributed by atoms with van der Waals surface area (Å²) in [5.74, 6) is 1.82. The van der Waals surface area contributed by atoms with E-state index in [1.807, 2.05) is 12.1 Å². The lowest BCUT2D eigenvalue weighted by atomic mass is 9.55. The highest BCUT2D eigenvalue weighted by Gasteiger charge is 2.90. The van der Waals surface area contributed by atoms with E-state index in [2.05, 4.69) is 68.4 Å². The van der Waals surface area contributed by atoms with Gasteiger partial charge in [0.1, 0.15) is 11.5 Å². The van der Waals surface area contributed by atoms with E-state index < -0.39 is 5.41 Å². The fourth-order valence-electron chi connectivity index (χ4n) is 7.68. The third-order valence-electron chi connectivity index (χ3n) is 8.66. The van der Waals surface area contributed by atoms with Gasteiger partial charge in [0.15, 0.2) is 5.78 Å². The summed E-state index contributed by atoms with van der Waals surface area (Å²) in [5.41, 5.74) is 4.43. The summed E-state index contributed by atoms with van der Waals surface area (Å²) in [7, 11) is 3.33. The van der Waals surface area contributed by atoms with E-state index >= 15 is 0 Å². The second-order valence-electron chi connectivity index (χ2n) is 9.23. The van der Waals surface area contributed by atoms with Crippen LogP contribution in [-0.4, -0.2) is 20.0 Å². The van der Waals surface area contributed by atoms with Crippen molar-refractivity contribution in [3.63, 3.8) is 0 Å². The van der Waals surface area contributed by atoms with Crippen LogP contribution in [0, 0.1) is 5.41 Å². The summed E-state index contributed by atoms with van der Waals surface area (Å²) < 4.78 is 11.5. The molecule has 3 aliphatic rings. The SMILES string of the molecule is CC[C@]12C3c4ccccc4[C@@]1(C)C(=O)c1cc(OC)cc(OC)c1C32c1ccccc1. The molecule has 31 heavy (non-hydrogen) atoms. The first kappa shape index (κ1) is 18.7. The van der Waals surface area contributed by atoms with Crippen LogP contribution < -0.4 is 9.47 Å². The van der Waals surface area contributed by atoms with Crippen molar-refractivity contribution in [2.75, 3.05) is 14.2 Å². The Kier molecular flexibility index (Phi) is 3.49. The van der Waals surface area contributed by atoms with Crippen LogP contribution in [0.2, 0.25) is 0 Å². The fourth-order valence-corrected chi connectivity index (χ4v) is 7.68. The van der Waals surface area contributed by atoms with Crippen molar-refractivity contribution >= 4 is 5.78 Å². The lowest BCUT2D eigenvalue weighted by Gasteiger charge is -2.46. The average Bonchev–Trinajstić information content (AvgIpc) is 3.40. The number of carbonyl (C=O) groups excluding carboxylic acids is 1. The highest BCUT2D eigenvalue weighted by Crippen LogP contribution is 2.91. The maximum atomic E-state index is 14.4. The Labute approximate surface area is 183 Å². The molecule has 0 amide bonds. The molecule has 2 unspecified atom stereocenters. The lowest BCUT2D eigenvalue weighted by molar-refractivity contribution is 0.0774. The van der Waals surface area contributed by atoms with Gasteiger partial charge in [-0.05, 0) is 36.1 Å². The number of ether oxygens (including phenoxy) is 2. The molecule has 0 spiro atoms. The van der Waals surface area contributed by atoms with Gasteiger partial charge in [0, 0.05) is 33.9 Å². The molecule has 4 atom stereocenters. The molecule has 0 aliphatic heterocycles. The number of fused-ring (bicyclic) bond motifs is 6. The van der Waals surface area contributed by atoms with E-state index in [0.29, 0.717) is 5.75 Å². The number of hydrogen-bond donors (Lipinski definition) is 0. The number of carbonyl (C=O) groups is 1. The van der Waals surface area contributed by atoms with Crippen molar-refractivity contribution in [3.8, 4) is 11.5 Å². The summed E-state index contributed by atoms with van der Waals surface area (Å²) in [5, 5.41) is 0. The quantitative estimate of drug-likeness (QED) is 0.557. The molecule has 0 N–H and O–H groups in total. The van der Waals surface area contributed by atoms with Crippen LogP contribution in [-0.2, 0) is 10.8 Å². The van der Waals surface area contributed by atoms with Gasteiger partial charge in [0.25, 0.3) is 0 Å². The third-order valence-corrected chi connectivity index (χ3v) is 8.66. The van der Waals surface area contributed by atoms with E-state index in [4.69, 9.17) is 9.47 Å². The van der Waals surface area contributed by atoms with Gasteiger partial charge in [-0.15, -0.1) is 0 Å². The Hall–Kier alpha value is -3.07. The molecule has 1 saturated carbocycles. The molecule has 0 bridgehead atoms. The van der Waals surface area contributed by atoms with Crippen molar-refractivity contribution in [2.45, 2.75) is 37.0 Å². The zero-order chi connectivity index (χ0) is 21.6. The van der Waals surface area contributed by atoms with Gasteiger partial charge < -0.3 is 9.47 Å². The van der Waals surface area contributed by atoms with Gasteiger partial charge in [-0.1, -0.05) is 61.5 Å². The summed E-state index contributed by atoms with van der Waals surface area (Å²) in [4.78, 5) is 14.4. The van der Waals surface area contributed by atoms with E-state index in [9.17, 15) is 4.79 Å². The first-order valence-corrected chi connectivity index (χ1v) is 11.0. The molecule has 0 aromatic heterocycles. The minimum Gasteiger partial charge on any atom is -0.497 e. The molecular weight excluding hydrogens is 384 g/mol. The molecule has 0 heterocycles. The zero-order valence-electron chi connectivity index (χ0n) is 18.4. The summed E-state index contributed by atoms with van der Waals surface area (Å²) >= 11 is 0. The van der Waals surface area contributed by atoms with Crippen LogP contribution in [0.3, 0.4) is 0 Å². The summed E-state index contributed by atoms with van der Waals surface area (Å²) in [6.07, 6.45) is 0.915. The van der Waals surface area contributed by atoms with Crippen molar-refractivity contribution < 1.29 is 14.3 Å². The van der Waals surface area contributed by atoms with Gasteiger partial charge in [-0.3, -0.25) is 4.79 Å². The molecule has 3 aromatic rings. The van der Waals surface area contributed by atoms with Gasteiger partial charge >= 0.3 is 0 Å². The molecule has 3 aliphatic carbocycles. The largest absolute Gasteiger partial charge is 0.497 e. The third kappa shape index (κ3) is 1.71. The Morgan fingerprint density at radius 1 is 0.935 bits per heavy atom.